The van der Waals surface area contributed by atoms with E-state index in [9.17, 15) is 9.18 Å². The Balaban J connectivity index is 2.88. The average Bonchev–Trinajstić information content (AvgIpc) is 2.38. The maximum Gasteiger partial charge on any atom is 0.298 e. The van der Waals surface area contributed by atoms with E-state index in [1.54, 1.807) is 18.2 Å². The first-order valence-corrected chi connectivity index (χ1v) is 5.91. The average molecular weight is 256 g/mol. The molecule has 0 radical (unpaired) electrons. The highest BCUT2D eigenvalue weighted by atomic mass is 19.1. The van der Waals surface area contributed by atoms with Crippen LogP contribution < -0.4 is 4.74 Å². The van der Waals surface area contributed by atoms with Gasteiger partial charge in [0.1, 0.15) is 11.6 Å². The molecule has 0 saturated heterocycles. The van der Waals surface area contributed by atoms with Crippen LogP contribution in [-0.2, 0) is 4.79 Å². The highest BCUT2D eigenvalue weighted by molar-refractivity contribution is 5.93. The summed E-state index contributed by atoms with van der Waals surface area (Å²) in [7, 11) is 0. The van der Waals surface area contributed by atoms with Gasteiger partial charge in [-0.15, -0.1) is 6.42 Å². The van der Waals surface area contributed by atoms with Gasteiger partial charge in [0.2, 0.25) is 0 Å². The third-order valence-electron chi connectivity index (χ3n) is 3.02. The van der Waals surface area contributed by atoms with E-state index in [1.165, 1.54) is 6.07 Å². The van der Waals surface area contributed by atoms with Gasteiger partial charge in [0.25, 0.3) is 6.47 Å². The van der Waals surface area contributed by atoms with Gasteiger partial charge in [0.15, 0.2) is 0 Å². The van der Waals surface area contributed by atoms with Crippen LogP contribution in [0.2, 0.25) is 0 Å². The molecule has 0 amide bonds. The number of terminal acetylenes is 1. The molecule has 0 aliphatic heterocycles. The second kappa shape index (κ2) is 5.11. The summed E-state index contributed by atoms with van der Waals surface area (Å²) in [4.78, 5) is 10.5. The second-order valence-electron chi connectivity index (χ2n) is 4.55. The van der Waals surface area contributed by atoms with E-state index in [4.69, 9.17) is 11.2 Å². The van der Waals surface area contributed by atoms with Crippen molar-refractivity contribution in [2.75, 3.05) is 0 Å². The lowest BCUT2D eigenvalue weighted by Crippen LogP contribution is -1.97. The lowest BCUT2D eigenvalue weighted by molar-refractivity contribution is -0.120. The lowest BCUT2D eigenvalue weighted by Gasteiger charge is -2.14. The van der Waals surface area contributed by atoms with Crippen LogP contribution in [0.1, 0.15) is 30.9 Å². The summed E-state index contributed by atoms with van der Waals surface area (Å²) in [5, 5.41) is 1.47. The molecular formula is C16H13FO2. The van der Waals surface area contributed by atoms with E-state index in [1.807, 2.05) is 13.8 Å². The molecule has 0 saturated carbocycles. The van der Waals surface area contributed by atoms with E-state index >= 15 is 0 Å². The molecule has 2 aromatic rings. The minimum Gasteiger partial charge on any atom is -0.429 e. The molecule has 0 heterocycles. The molecule has 0 unspecified atom stereocenters. The summed E-state index contributed by atoms with van der Waals surface area (Å²) < 4.78 is 18.7. The Morgan fingerprint density at radius 1 is 1.37 bits per heavy atom. The van der Waals surface area contributed by atoms with Crippen molar-refractivity contribution in [1.82, 2.24) is 0 Å². The number of carbonyl (C=O) groups excluding carboxylic acids is 1. The molecule has 0 bridgehead atoms. The molecule has 2 rings (SSSR count). The first kappa shape index (κ1) is 13.1. The first-order valence-electron chi connectivity index (χ1n) is 5.91. The monoisotopic (exact) mass is 256 g/mol. The standard InChI is InChI=1S/C16H13FO2/c1-4-13-15(17)6-5-11-7-12(19-9-18)8-14(10(2)3)16(11)13/h1,5-10H,2-3H3. The third kappa shape index (κ3) is 2.30. The van der Waals surface area contributed by atoms with Crippen LogP contribution in [0, 0.1) is 18.2 Å². The molecule has 2 nitrogen and oxygen atoms in total. The van der Waals surface area contributed by atoms with E-state index in [0.29, 0.717) is 17.6 Å². The van der Waals surface area contributed by atoms with E-state index in [2.05, 4.69) is 5.92 Å². The summed E-state index contributed by atoms with van der Waals surface area (Å²) in [6.45, 7) is 4.33. The van der Waals surface area contributed by atoms with Gasteiger partial charge in [-0.25, -0.2) is 4.39 Å². The molecule has 3 heteroatoms. The molecule has 0 N–H and O–H groups in total. The molecule has 0 aliphatic carbocycles. The molecule has 0 aliphatic rings. The number of benzene rings is 2. The highest BCUT2D eigenvalue weighted by Crippen LogP contribution is 2.33. The Morgan fingerprint density at radius 3 is 2.68 bits per heavy atom. The summed E-state index contributed by atoms with van der Waals surface area (Å²) >= 11 is 0. The number of carbonyl (C=O) groups is 1. The Morgan fingerprint density at radius 2 is 2.11 bits per heavy atom. The van der Waals surface area contributed by atoms with Crippen molar-refractivity contribution in [2.24, 2.45) is 0 Å². The minimum atomic E-state index is -0.416. The fourth-order valence-electron chi connectivity index (χ4n) is 2.17. The topological polar surface area (TPSA) is 26.3 Å². The van der Waals surface area contributed by atoms with Crippen LogP contribution in [0.4, 0.5) is 4.39 Å². The van der Waals surface area contributed by atoms with Crippen molar-refractivity contribution in [3.05, 3.63) is 41.2 Å². The van der Waals surface area contributed by atoms with Gasteiger partial charge in [-0.2, -0.15) is 0 Å². The SMILES string of the molecule is C#Cc1c(F)ccc2cc(OC=O)cc(C(C)C)c12. The number of halogens is 1. The van der Waals surface area contributed by atoms with Gasteiger partial charge in [-0.05, 0) is 35.1 Å². The van der Waals surface area contributed by atoms with Gasteiger partial charge in [-0.1, -0.05) is 25.8 Å². The summed E-state index contributed by atoms with van der Waals surface area (Å²) in [5.74, 6) is 2.55. The van der Waals surface area contributed by atoms with Gasteiger partial charge >= 0.3 is 0 Å². The molecule has 2 aromatic carbocycles. The molecule has 0 atom stereocenters. The number of ether oxygens (including phenoxy) is 1. The predicted molar refractivity (Wildman–Crippen MR) is 72.6 cm³/mol. The summed E-state index contributed by atoms with van der Waals surface area (Å²) in [6.07, 6.45) is 5.41. The van der Waals surface area contributed by atoms with Crippen molar-refractivity contribution < 1.29 is 13.9 Å². The number of hydrogen-bond donors (Lipinski definition) is 0. The predicted octanol–water partition coefficient (Wildman–Crippen LogP) is 3.62. The molecule has 96 valence electrons. The largest absolute Gasteiger partial charge is 0.429 e. The van der Waals surface area contributed by atoms with Gasteiger partial charge in [0, 0.05) is 5.39 Å². The zero-order valence-electron chi connectivity index (χ0n) is 10.7. The zero-order valence-corrected chi connectivity index (χ0v) is 10.7. The van der Waals surface area contributed by atoms with Gasteiger partial charge < -0.3 is 4.74 Å². The smallest absolute Gasteiger partial charge is 0.298 e. The van der Waals surface area contributed by atoms with Crippen molar-refractivity contribution in [3.63, 3.8) is 0 Å². The minimum absolute atomic E-state index is 0.131. The Hall–Kier alpha value is -2.34. The van der Waals surface area contributed by atoms with E-state index in [0.717, 1.165) is 10.9 Å². The van der Waals surface area contributed by atoms with Crippen LogP contribution in [0.15, 0.2) is 24.3 Å². The van der Waals surface area contributed by atoms with Crippen LogP contribution in [0.25, 0.3) is 10.8 Å². The Bertz CT molecular complexity index is 681. The van der Waals surface area contributed by atoms with Gasteiger partial charge in [-0.3, -0.25) is 4.79 Å². The maximum absolute atomic E-state index is 13.8. The molecule has 0 aromatic heterocycles. The number of fused-ring (bicyclic) bond motifs is 1. The Kier molecular flexibility index (Phi) is 3.52. The van der Waals surface area contributed by atoms with Gasteiger partial charge in [0.05, 0.1) is 5.56 Å². The molecule has 0 fully saturated rings. The van der Waals surface area contributed by atoms with E-state index < -0.39 is 5.82 Å². The number of hydrogen-bond acceptors (Lipinski definition) is 2. The second-order valence-corrected chi connectivity index (χ2v) is 4.55. The normalized spacial score (nSPS) is 10.5. The van der Waals surface area contributed by atoms with Crippen LogP contribution in [0.3, 0.4) is 0 Å². The summed E-state index contributed by atoms with van der Waals surface area (Å²) in [6, 6.07) is 6.36. The Labute approximate surface area is 111 Å². The molecule has 19 heavy (non-hydrogen) atoms. The van der Waals surface area contributed by atoms with Crippen molar-refractivity contribution in [3.8, 4) is 18.1 Å². The fourth-order valence-corrected chi connectivity index (χ4v) is 2.17. The highest BCUT2D eigenvalue weighted by Gasteiger charge is 2.14. The maximum atomic E-state index is 13.8. The quantitative estimate of drug-likeness (QED) is 0.619. The number of rotatable bonds is 3. The van der Waals surface area contributed by atoms with Crippen molar-refractivity contribution in [2.45, 2.75) is 19.8 Å². The molecular weight excluding hydrogens is 243 g/mol. The van der Waals surface area contributed by atoms with Crippen LogP contribution >= 0.6 is 0 Å². The fraction of sp³-hybridized carbons (Fsp3) is 0.188. The third-order valence-corrected chi connectivity index (χ3v) is 3.02. The van der Waals surface area contributed by atoms with Crippen molar-refractivity contribution in [1.29, 1.82) is 0 Å². The lowest BCUT2D eigenvalue weighted by atomic mass is 9.92. The van der Waals surface area contributed by atoms with Crippen molar-refractivity contribution >= 4 is 17.2 Å². The van der Waals surface area contributed by atoms with E-state index in [-0.39, 0.29) is 11.5 Å². The molecule has 0 spiro atoms. The zero-order chi connectivity index (χ0) is 14.0. The van der Waals surface area contributed by atoms with Crippen LogP contribution in [-0.4, -0.2) is 6.47 Å². The summed E-state index contributed by atoms with van der Waals surface area (Å²) in [5.41, 5.74) is 1.11. The first-order chi connectivity index (χ1) is 9.08. The van der Waals surface area contributed by atoms with Crippen LogP contribution in [0.5, 0.6) is 5.75 Å².